The Morgan fingerprint density at radius 3 is 2.58 bits per heavy atom. The monoisotopic (exact) mass is 259 g/mol. The van der Waals surface area contributed by atoms with Crippen molar-refractivity contribution in [2.45, 2.75) is 39.7 Å². The van der Waals surface area contributed by atoms with Crippen molar-refractivity contribution >= 4 is 11.7 Å². The van der Waals surface area contributed by atoms with Crippen LogP contribution in [0.4, 0.5) is 0 Å². The molecule has 1 N–H and O–H groups in total. The first-order valence-electron chi connectivity index (χ1n) is 6.81. The molecule has 102 valence electrons. The normalized spacial score (nSPS) is 19.1. The van der Waals surface area contributed by atoms with Crippen LogP contribution in [-0.4, -0.2) is 23.3 Å². The summed E-state index contributed by atoms with van der Waals surface area (Å²) >= 11 is 0. The Labute approximate surface area is 114 Å². The Morgan fingerprint density at radius 2 is 1.95 bits per heavy atom. The fraction of sp³-hybridized carbons (Fsp3) is 0.467. The second-order valence-corrected chi connectivity index (χ2v) is 4.99. The summed E-state index contributed by atoms with van der Waals surface area (Å²) in [7, 11) is 0. The molecule has 1 aromatic carbocycles. The van der Waals surface area contributed by atoms with Gasteiger partial charge in [-0.15, -0.1) is 0 Å². The summed E-state index contributed by atoms with van der Waals surface area (Å²) in [4.78, 5) is 12.4. The molecule has 1 unspecified atom stereocenters. The van der Waals surface area contributed by atoms with Crippen LogP contribution in [-0.2, 0) is 4.79 Å². The lowest BCUT2D eigenvalue weighted by Crippen LogP contribution is -2.46. The average molecular weight is 259 g/mol. The van der Waals surface area contributed by atoms with E-state index < -0.39 is 0 Å². The van der Waals surface area contributed by atoms with Gasteiger partial charge in [-0.3, -0.25) is 4.79 Å². The number of aryl methyl sites for hydroxylation is 1. The third-order valence-electron chi connectivity index (χ3n) is 3.26. The van der Waals surface area contributed by atoms with Crippen LogP contribution in [0.1, 0.15) is 43.9 Å². The number of carbonyl (C=O) groups excluding carboxylic acids is 1. The maximum Gasteiger partial charge on any atom is 0.269 e. The highest BCUT2D eigenvalue weighted by molar-refractivity contribution is 5.93. The lowest BCUT2D eigenvalue weighted by molar-refractivity contribution is -0.134. The van der Waals surface area contributed by atoms with Gasteiger partial charge in [0.05, 0.1) is 0 Å². The number of rotatable bonds is 4. The van der Waals surface area contributed by atoms with Gasteiger partial charge in [-0.05, 0) is 25.8 Å². The fourth-order valence-electron chi connectivity index (χ4n) is 2.13. The Bertz CT molecular complexity index is 479. The van der Waals surface area contributed by atoms with E-state index in [2.05, 4.69) is 17.3 Å². The van der Waals surface area contributed by atoms with Crippen LogP contribution in [0.15, 0.2) is 29.4 Å². The van der Waals surface area contributed by atoms with Gasteiger partial charge in [0.1, 0.15) is 11.9 Å². The van der Waals surface area contributed by atoms with Crippen molar-refractivity contribution < 1.29 is 4.79 Å². The van der Waals surface area contributed by atoms with E-state index in [-0.39, 0.29) is 11.9 Å². The first kappa shape index (κ1) is 13.6. The molecule has 0 spiro atoms. The number of hydrogen-bond acceptors (Lipinski definition) is 3. The molecule has 0 fully saturated rings. The zero-order chi connectivity index (χ0) is 13.8. The summed E-state index contributed by atoms with van der Waals surface area (Å²) in [6, 6.07) is 7.75. The highest BCUT2D eigenvalue weighted by Gasteiger charge is 2.29. The summed E-state index contributed by atoms with van der Waals surface area (Å²) in [6.07, 6.45) is 2.03. The number of hydrogen-bond donors (Lipinski definition) is 1. The van der Waals surface area contributed by atoms with Crippen LogP contribution in [0.25, 0.3) is 0 Å². The van der Waals surface area contributed by atoms with E-state index in [4.69, 9.17) is 0 Å². The molecule has 1 heterocycles. The number of unbranched alkanes of at least 4 members (excludes halogenated alkanes) is 1. The van der Waals surface area contributed by atoms with Gasteiger partial charge in [0.15, 0.2) is 0 Å². The molecular weight excluding hydrogens is 238 g/mol. The molecule has 0 bridgehead atoms. The third-order valence-corrected chi connectivity index (χ3v) is 3.26. The van der Waals surface area contributed by atoms with E-state index in [1.165, 1.54) is 5.56 Å². The maximum atomic E-state index is 12.4. The number of carbonyl (C=O) groups is 1. The zero-order valence-corrected chi connectivity index (χ0v) is 11.8. The quantitative estimate of drug-likeness (QED) is 0.903. The van der Waals surface area contributed by atoms with Crippen LogP contribution < -0.4 is 5.32 Å². The van der Waals surface area contributed by atoms with E-state index in [0.29, 0.717) is 6.54 Å². The third kappa shape index (κ3) is 3.13. The number of nitrogens with one attached hydrogen (secondary N) is 1. The van der Waals surface area contributed by atoms with Crippen LogP contribution in [0.5, 0.6) is 0 Å². The summed E-state index contributed by atoms with van der Waals surface area (Å²) in [6.45, 7) is 6.74. The van der Waals surface area contributed by atoms with Crippen molar-refractivity contribution in [1.82, 2.24) is 10.3 Å². The fourth-order valence-corrected chi connectivity index (χ4v) is 2.13. The second kappa shape index (κ2) is 5.87. The Hall–Kier alpha value is -1.84. The lowest BCUT2D eigenvalue weighted by Gasteiger charge is -2.30. The van der Waals surface area contributed by atoms with Gasteiger partial charge in [-0.2, -0.15) is 5.10 Å². The Balaban J connectivity index is 2.20. The molecule has 4 heteroatoms. The molecule has 2 rings (SSSR count). The number of nitrogens with zero attached hydrogens (tertiary/aromatic N) is 2. The number of hydrazone groups is 1. The van der Waals surface area contributed by atoms with Crippen LogP contribution >= 0.6 is 0 Å². The smallest absolute Gasteiger partial charge is 0.269 e. The molecule has 4 nitrogen and oxygen atoms in total. The number of amidine groups is 1. The molecular formula is C15H21N3O. The Kier molecular flexibility index (Phi) is 4.20. The van der Waals surface area contributed by atoms with Crippen LogP contribution in [0.2, 0.25) is 0 Å². The zero-order valence-electron chi connectivity index (χ0n) is 11.8. The van der Waals surface area contributed by atoms with Gasteiger partial charge in [0, 0.05) is 6.54 Å². The van der Waals surface area contributed by atoms with Crippen molar-refractivity contribution in [3.63, 3.8) is 0 Å². The van der Waals surface area contributed by atoms with Crippen molar-refractivity contribution in [2.24, 2.45) is 5.10 Å². The van der Waals surface area contributed by atoms with Crippen molar-refractivity contribution in [3.8, 4) is 0 Å². The molecule has 1 aliphatic rings. The number of benzene rings is 1. The minimum absolute atomic E-state index is 0.0305. The molecule has 0 radical (unpaired) electrons. The topological polar surface area (TPSA) is 44.7 Å². The average Bonchev–Trinajstić information content (AvgIpc) is 2.40. The molecule has 19 heavy (non-hydrogen) atoms. The van der Waals surface area contributed by atoms with Crippen molar-refractivity contribution in [1.29, 1.82) is 0 Å². The summed E-state index contributed by atoms with van der Waals surface area (Å²) in [5.41, 5.74) is 2.19. The second-order valence-electron chi connectivity index (χ2n) is 4.99. The van der Waals surface area contributed by atoms with Crippen molar-refractivity contribution in [3.05, 3.63) is 35.4 Å². The molecule has 0 saturated carbocycles. The van der Waals surface area contributed by atoms with Gasteiger partial charge in [0.2, 0.25) is 0 Å². The molecule has 1 aromatic rings. The van der Waals surface area contributed by atoms with Gasteiger partial charge in [-0.1, -0.05) is 43.2 Å². The molecule has 1 amide bonds. The first-order valence-corrected chi connectivity index (χ1v) is 6.81. The minimum atomic E-state index is -0.310. The maximum absolute atomic E-state index is 12.4. The van der Waals surface area contributed by atoms with E-state index in [1.807, 2.05) is 38.1 Å². The summed E-state index contributed by atoms with van der Waals surface area (Å²) in [5.74, 6) is 0.823. The van der Waals surface area contributed by atoms with Gasteiger partial charge in [0.25, 0.3) is 5.91 Å². The predicted molar refractivity (Wildman–Crippen MR) is 76.8 cm³/mol. The van der Waals surface area contributed by atoms with Crippen LogP contribution in [0, 0.1) is 6.92 Å². The molecule has 0 aliphatic carbocycles. The van der Waals surface area contributed by atoms with E-state index >= 15 is 0 Å². The van der Waals surface area contributed by atoms with Crippen LogP contribution in [0.3, 0.4) is 0 Å². The SMILES string of the molecule is CCCCN1N=C(C)NC(c2ccc(C)cc2)C1=O. The minimum Gasteiger partial charge on any atom is -0.357 e. The van der Waals surface area contributed by atoms with Crippen molar-refractivity contribution in [2.75, 3.05) is 6.54 Å². The largest absolute Gasteiger partial charge is 0.357 e. The summed E-state index contributed by atoms with van der Waals surface area (Å²) < 4.78 is 0. The summed E-state index contributed by atoms with van der Waals surface area (Å²) in [5, 5.41) is 9.05. The molecule has 0 aromatic heterocycles. The molecule has 1 aliphatic heterocycles. The van der Waals surface area contributed by atoms with Gasteiger partial charge in [-0.25, -0.2) is 5.01 Å². The van der Waals surface area contributed by atoms with Gasteiger partial charge >= 0.3 is 0 Å². The van der Waals surface area contributed by atoms with Gasteiger partial charge < -0.3 is 5.32 Å². The predicted octanol–water partition coefficient (Wildman–Crippen LogP) is 2.60. The standard InChI is InChI=1S/C15H21N3O/c1-4-5-10-18-15(19)14(16-12(3)17-18)13-8-6-11(2)7-9-13/h6-9,14H,4-5,10H2,1-3H3,(H,16,17). The van der Waals surface area contributed by atoms with E-state index in [1.54, 1.807) is 5.01 Å². The molecule has 0 saturated heterocycles. The van der Waals surface area contributed by atoms with E-state index in [9.17, 15) is 4.79 Å². The number of amides is 1. The first-order chi connectivity index (χ1) is 9.11. The Morgan fingerprint density at radius 1 is 1.26 bits per heavy atom. The van der Waals surface area contributed by atoms with E-state index in [0.717, 1.165) is 24.2 Å². The lowest BCUT2D eigenvalue weighted by atomic mass is 10.0. The highest BCUT2D eigenvalue weighted by Crippen LogP contribution is 2.20. The highest BCUT2D eigenvalue weighted by atomic mass is 16.2. The molecule has 1 atom stereocenters.